The molecular weight excluding hydrogens is 201 g/mol. The molecule has 7 heteroatoms. The summed E-state index contributed by atoms with van der Waals surface area (Å²) in [5.74, 6) is -0.437. The number of Topliss-reactive ketones (excluding diaryl/α,β-unsaturated/α-hetero) is 1. The normalized spacial score (nSPS) is 11.7. The highest BCUT2D eigenvalue weighted by atomic mass is 19.4. The van der Waals surface area contributed by atoms with Gasteiger partial charge in [-0.25, -0.2) is 0 Å². The Balaban J connectivity index is 3.85. The number of carbonyl (C=O) groups is 1. The Bertz CT molecular complexity index is 248. The molecular formula is C7H9F3N2O2. The molecule has 0 radical (unpaired) electrons. The Hall–Kier alpha value is -1.37. The number of nitrogens with two attached hydrogens (primary N) is 1. The molecule has 0 heterocycles. The molecule has 0 amide bonds. The van der Waals surface area contributed by atoms with Gasteiger partial charge in [0.2, 0.25) is 0 Å². The van der Waals surface area contributed by atoms with E-state index in [1.165, 1.54) is 0 Å². The number of rotatable bonds is 5. The van der Waals surface area contributed by atoms with Crippen LogP contribution in [0.2, 0.25) is 0 Å². The number of carbonyl (C=O) groups excluding carboxylic acids is 1. The summed E-state index contributed by atoms with van der Waals surface area (Å²) in [7, 11) is 0. The molecule has 0 rings (SSSR count). The summed E-state index contributed by atoms with van der Waals surface area (Å²) in [5, 5.41) is 6.47. The van der Waals surface area contributed by atoms with Crippen LogP contribution in [-0.4, -0.2) is 30.8 Å². The molecule has 0 aliphatic heterocycles. The van der Waals surface area contributed by atoms with E-state index < -0.39 is 24.3 Å². The Morgan fingerprint density at radius 1 is 1.50 bits per heavy atom. The molecule has 3 N–H and O–H groups in total. The maximum Gasteiger partial charge on any atom is 0.432 e. The summed E-state index contributed by atoms with van der Waals surface area (Å²) < 4.78 is 39.4. The maximum absolute atomic E-state index is 11.7. The average Bonchev–Trinajstić information content (AvgIpc) is 2.09. The van der Waals surface area contributed by atoms with E-state index in [-0.39, 0.29) is 6.54 Å². The molecule has 0 unspecified atom stereocenters. The molecule has 80 valence electrons. The van der Waals surface area contributed by atoms with Gasteiger partial charge in [-0.15, -0.1) is 0 Å². The van der Waals surface area contributed by atoms with Crippen molar-refractivity contribution in [2.75, 3.05) is 13.2 Å². The van der Waals surface area contributed by atoms with Crippen LogP contribution in [0.4, 0.5) is 13.2 Å². The van der Waals surface area contributed by atoms with Gasteiger partial charge in [0.25, 0.3) is 0 Å². The molecule has 0 aromatic rings. The summed E-state index contributed by atoms with van der Waals surface area (Å²) in [5.41, 5.74) is 3.36. The third-order valence-electron chi connectivity index (χ3n) is 1.11. The van der Waals surface area contributed by atoms with E-state index >= 15 is 0 Å². The van der Waals surface area contributed by atoms with E-state index in [0.29, 0.717) is 12.3 Å². The first-order chi connectivity index (χ1) is 6.38. The summed E-state index contributed by atoms with van der Waals surface area (Å²) >= 11 is 0. The van der Waals surface area contributed by atoms with E-state index in [0.717, 1.165) is 0 Å². The highest BCUT2D eigenvalue weighted by Gasteiger charge is 2.32. The molecule has 0 aliphatic carbocycles. The van der Waals surface area contributed by atoms with Crippen molar-refractivity contribution in [1.29, 1.82) is 5.41 Å². The van der Waals surface area contributed by atoms with E-state index in [4.69, 9.17) is 11.1 Å². The predicted octanol–water partition coefficient (Wildman–Crippen LogP) is 0.627. The van der Waals surface area contributed by atoms with Crippen LogP contribution in [-0.2, 0) is 9.53 Å². The largest absolute Gasteiger partial charge is 0.493 e. The SMILES string of the molecule is N=C(/C=C/OCC(=O)CN)C(F)(F)F. The highest BCUT2D eigenvalue weighted by molar-refractivity contribution is 5.96. The third kappa shape index (κ3) is 5.31. The van der Waals surface area contributed by atoms with Gasteiger partial charge in [0.15, 0.2) is 5.78 Å². The van der Waals surface area contributed by atoms with Gasteiger partial charge in [-0.05, 0) is 0 Å². The van der Waals surface area contributed by atoms with Crippen LogP contribution in [0.25, 0.3) is 0 Å². The number of alkyl halides is 3. The van der Waals surface area contributed by atoms with E-state index in [1.807, 2.05) is 0 Å². The molecule has 14 heavy (non-hydrogen) atoms. The molecule has 0 saturated heterocycles. The molecule has 0 aromatic carbocycles. The van der Waals surface area contributed by atoms with E-state index in [9.17, 15) is 18.0 Å². The summed E-state index contributed by atoms with van der Waals surface area (Å²) in [6, 6.07) is 0. The van der Waals surface area contributed by atoms with Crippen molar-refractivity contribution in [2.45, 2.75) is 6.18 Å². The minimum absolute atomic E-state index is 0.232. The zero-order valence-corrected chi connectivity index (χ0v) is 7.10. The fraction of sp³-hybridized carbons (Fsp3) is 0.429. The fourth-order valence-electron chi connectivity index (χ4n) is 0.411. The zero-order valence-electron chi connectivity index (χ0n) is 7.10. The minimum atomic E-state index is -4.70. The Labute approximate surface area is 78.0 Å². The molecule has 0 atom stereocenters. The van der Waals surface area contributed by atoms with Crippen LogP contribution in [0.15, 0.2) is 12.3 Å². The first-order valence-electron chi connectivity index (χ1n) is 3.53. The van der Waals surface area contributed by atoms with Crippen LogP contribution >= 0.6 is 0 Å². The van der Waals surface area contributed by atoms with Crippen LogP contribution < -0.4 is 5.73 Å². The molecule has 0 bridgehead atoms. The second kappa shape index (κ2) is 5.38. The van der Waals surface area contributed by atoms with Crippen molar-refractivity contribution >= 4 is 11.5 Å². The first kappa shape index (κ1) is 12.6. The van der Waals surface area contributed by atoms with Crippen LogP contribution in [0.1, 0.15) is 0 Å². The van der Waals surface area contributed by atoms with Crippen molar-refractivity contribution < 1.29 is 22.7 Å². The van der Waals surface area contributed by atoms with Gasteiger partial charge in [0.1, 0.15) is 12.3 Å². The van der Waals surface area contributed by atoms with Gasteiger partial charge in [-0.2, -0.15) is 13.2 Å². The summed E-state index contributed by atoms with van der Waals surface area (Å²) in [6.07, 6.45) is -3.63. The molecule has 0 fully saturated rings. The van der Waals surface area contributed by atoms with Crippen LogP contribution in [0, 0.1) is 5.41 Å². The number of nitrogens with one attached hydrogen (secondary N) is 1. The van der Waals surface area contributed by atoms with Crippen molar-refractivity contribution in [3.05, 3.63) is 12.3 Å². The molecule has 0 aliphatic rings. The molecule has 4 nitrogen and oxygen atoms in total. The smallest absolute Gasteiger partial charge is 0.432 e. The number of allylic oxidation sites excluding steroid dienone is 1. The monoisotopic (exact) mass is 210 g/mol. The number of hydrogen-bond acceptors (Lipinski definition) is 4. The maximum atomic E-state index is 11.7. The Morgan fingerprint density at radius 2 is 2.07 bits per heavy atom. The lowest BCUT2D eigenvalue weighted by Crippen LogP contribution is -2.20. The van der Waals surface area contributed by atoms with Gasteiger partial charge in [0, 0.05) is 6.08 Å². The third-order valence-corrected chi connectivity index (χ3v) is 1.11. The second-order valence-electron chi connectivity index (χ2n) is 2.27. The second-order valence-corrected chi connectivity index (χ2v) is 2.27. The summed E-state index contributed by atoms with van der Waals surface area (Å²) in [4.78, 5) is 10.5. The number of ether oxygens (including phenoxy) is 1. The number of hydrogen-bond donors (Lipinski definition) is 2. The molecule has 0 aromatic heterocycles. The predicted molar refractivity (Wildman–Crippen MR) is 42.9 cm³/mol. The lowest BCUT2D eigenvalue weighted by Gasteiger charge is -2.02. The topological polar surface area (TPSA) is 76.2 Å². The van der Waals surface area contributed by atoms with Gasteiger partial charge in [0.05, 0.1) is 12.8 Å². The molecule has 0 spiro atoms. The van der Waals surface area contributed by atoms with Gasteiger partial charge in [-0.3, -0.25) is 10.2 Å². The van der Waals surface area contributed by atoms with Gasteiger partial charge >= 0.3 is 6.18 Å². The summed E-state index contributed by atoms with van der Waals surface area (Å²) in [6.45, 7) is -0.622. The van der Waals surface area contributed by atoms with Crippen LogP contribution in [0.5, 0.6) is 0 Å². The van der Waals surface area contributed by atoms with Crippen molar-refractivity contribution in [3.63, 3.8) is 0 Å². The fourth-order valence-corrected chi connectivity index (χ4v) is 0.411. The van der Waals surface area contributed by atoms with E-state index in [1.54, 1.807) is 0 Å². The van der Waals surface area contributed by atoms with Gasteiger partial charge < -0.3 is 10.5 Å². The Morgan fingerprint density at radius 3 is 2.50 bits per heavy atom. The van der Waals surface area contributed by atoms with E-state index in [2.05, 4.69) is 4.74 Å². The lowest BCUT2D eigenvalue weighted by atomic mass is 10.3. The van der Waals surface area contributed by atoms with Gasteiger partial charge in [-0.1, -0.05) is 0 Å². The quantitative estimate of drug-likeness (QED) is 0.516. The molecule has 0 saturated carbocycles. The highest BCUT2D eigenvalue weighted by Crippen LogP contribution is 2.16. The zero-order chi connectivity index (χ0) is 11.2. The minimum Gasteiger partial charge on any atom is -0.493 e. The lowest BCUT2D eigenvalue weighted by molar-refractivity contribution is -0.120. The standard InChI is InChI=1S/C7H9F3N2O2/c8-7(9,10)6(12)1-2-14-4-5(13)3-11/h1-2,12H,3-4,11H2/b2-1+,12-6?. The number of ketones is 1. The van der Waals surface area contributed by atoms with Crippen molar-refractivity contribution in [3.8, 4) is 0 Å². The number of halogens is 3. The average molecular weight is 210 g/mol. The Kier molecular flexibility index (Phi) is 4.85. The van der Waals surface area contributed by atoms with Crippen molar-refractivity contribution in [2.24, 2.45) is 5.73 Å². The van der Waals surface area contributed by atoms with Crippen LogP contribution in [0.3, 0.4) is 0 Å². The van der Waals surface area contributed by atoms with Crippen molar-refractivity contribution in [1.82, 2.24) is 0 Å². The first-order valence-corrected chi connectivity index (χ1v) is 3.53.